The summed E-state index contributed by atoms with van der Waals surface area (Å²) in [6.07, 6.45) is 1.84. The van der Waals surface area contributed by atoms with E-state index in [0.717, 1.165) is 34.5 Å². The van der Waals surface area contributed by atoms with Gasteiger partial charge in [-0.3, -0.25) is 9.20 Å². The summed E-state index contributed by atoms with van der Waals surface area (Å²) in [6, 6.07) is 7.84. The normalized spacial score (nSPS) is 15.2. The molecule has 0 unspecified atom stereocenters. The summed E-state index contributed by atoms with van der Waals surface area (Å²) in [5, 5.41) is 2.78. The molecule has 7 heteroatoms. The predicted octanol–water partition coefficient (Wildman–Crippen LogP) is 3.32. The number of fused-ring (bicyclic) bond motifs is 1. The molecular weight excluding hydrogens is 344 g/mol. The summed E-state index contributed by atoms with van der Waals surface area (Å²) in [4.78, 5) is 22.1. The van der Waals surface area contributed by atoms with Gasteiger partial charge in [0.15, 0.2) is 4.96 Å². The van der Waals surface area contributed by atoms with Gasteiger partial charge in [-0.05, 0) is 25.1 Å². The highest BCUT2D eigenvalue weighted by atomic mass is 35.5. The molecule has 124 valence electrons. The van der Waals surface area contributed by atoms with Gasteiger partial charge in [0.25, 0.3) is 5.91 Å². The first-order valence-corrected chi connectivity index (χ1v) is 9.10. The highest BCUT2D eigenvalue weighted by Crippen LogP contribution is 2.22. The number of halogens is 1. The second kappa shape index (κ2) is 6.11. The van der Waals surface area contributed by atoms with E-state index in [9.17, 15) is 4.79 Å². The number of anilines is 1. The van der Waals surface area contributed by atoms with Crippen LogP contribution in [0.25, 0.3) is 4.96 Å². The quantitative estimate of drug-likeness (QED) is 0.704. The van der Waals surface area contributed by atoms with E-state index in [1.165, 1.54) is 0 Å². The maximum absolute atomic E-state index is 12.7. The standard InChI is InChI=1S/C17H17ClN4OS/c1-12-11-24-17-19-15(10-22(12)17)16(23)21-7-5-20(6-8-21)14-4-2-3-13(18)9-14/h2-4,9-11H,5-8H2,1H3. The maximum atomic E-state index is 12.7. The van der Waals surface area contributed by atoms with Crippen molar-refractivity contribution in [1.82, 2.24) is 14.3 Å². The van der Waals surface area contributed by atoms with Crippen LogP contribution in [-0.2, 0) is 0 Å². The molecule has 0 spiro atoms. The third-order valence-electron chi connectivity index (χ3n) is 4.35. The first-order valence-electron chi connectivity index (χ1n) is 7.85. The third kappa shape index (κ3) is 2.76. The summed E-state index contributed by atoms with van der Waals surface area (Å²) in [6.45, 7) is 4.99. The summed E-state index contributed by atoms with van der Waals surface area (Å²) < 4.78 is 1.97. The zero-order chi connectivity index (χ0) is 16.7. The van der Waals surface area contributed by atoms with E-state index < -0.39 is 0 Å². The number of benzene rings is 1. The minimum atomic E-state index is 0.0102. The Morgan fingerprint density at radius 2 is 2.04 bits per heavy atom. The van der Waals surface area contributed by atoms with Gasteiger partial charge in [-0.1, -0.05) is 17.7 Å². The van der Waals surface area contributed by atoms with E-state index >= 15 is 0 Å². The average molecular weight is 361 g/mol. The number of rotatable bonds is 2. The largest absolute Gasteiger partial charge is 0.368 e. The van der Waals surface area contributed by atoms with Crippen LogP contribution < -0.4 is 4.90 Å². The van der Waals surface area contributed by atoms with E-state index in [2.05, 4.69) is 16.0 Å². The molecule has 0 saturated carbocycles. The number of nitrogens with zero attached hydrogens (tertiary/aromatic N) is 4. The molecule has 1 aliphatic rings. The van der Waals surface area contributed by atoms with Crippen LogP contribution in [0.1, 0.15) is 16.2 Å². The van der Waals surface area contributed by atoms with Gasteiger partial charge in [0.05, 0.1) is 0 Å². The molecule has 1 aromatic carbocycles. The smallest absolute Gasteiger partial charge is 0.274 e. The van der Waals surface area contributed by atoms with Crippen molar-refractivity contribution in [2.45, 2.75) is 6.92 Å². The first kappa shape index (κ1) is 15.5. The molecule has 0 atom stereocenters. The predicted molar refractivity (Wildman–Crippen MR) is 97.4 cm³/mol. The van der Waals surface area contributed by atoms with Gasteiger partial charge in [-0.2, -0.15) is 0 Å². The minimum absolute atomic E-state index is 0.0102. The Hall–Kier alpha value is -2.05. The molecule has 1 amide bonds. The molecule has 24 heavy (non-hydrogen) atoms. The fourth-order valence-electron chi connectivity index (χ4n) is 3.00. The Morgan fingerprint density at radius 1 is 1.25 bits per heavy atom. The molecular formula is C17H17ClN4OS. The van der Waals surface area contributed by atoms with Crippen LogP contribution in [0.4, 0.5) is 5.69 Å². The average Bonchev–Trinajstić information content (AvgIpc) is 3.17. The lowest BCUT2D eigenvalue weighted by atomic mass is 10.2. The second-order valence-electron chi connectivity index (χ2n) is 5.91. The lowest BCUT2D eigenvalue weighted by Crippen LogP contribution is -2.48. The van der Waals surface area contributed by atoms with Crippen molar-refractivity contribution in [2.75, 3.05) is 31.1 Å². The van der Waals surface area contributed by atoms with Crippen molar-refractivity contribution in [2.24, 2.45) is 0 Å². The van der Waals surface area contributed by atoms with Crippen molar-refractivity contribution in [1.29, 1.82) is 0 Å². The topological polar surface area (TPSA) is 40.9 Å². The molecule has 3 heterocycles. The van der Waals surface area contributed by atoms with Gasteiger partial charge < -0.3 is 9.80 Å². The first-order chi connectivity index (χ1) is 11.6. The van der Waals surface area contributed by atoms with Crippen molar-refractivity contribution in [3.05, 3.63) is 52.3 Å². The Bertz CT molecular complexity index is 895. The van der Waals surface area contributed by atoms with Crippen LogP contribution >= 0.6 is 22.9 Å². The monoisotopic (exact) mass is 360 g/mol. The molecule has 2 aromatic heterocycles. The van der Waals surface area contributed by atoms with Crippen LogP contribution in [-0.4, -0.2) is 46.4 Å². The van der Waals surface area contributed by atoms with E-state index in [1.54, 1.807) is 11.3 Å². The number of thiazole rings is 1. The van der Waals surface area contributed by atoms with Crippen molar-refractivity contribution in [3.8, 4) is 0 Å². The van der Waals surface area contributed by atoms with E-state index in [4.69, 9.17) is 11.6 Å². The van der Waals surface area contributed by atoms with Gasteiger partial charge in [0, 0.05) is 54.2 Å². The molecule has 5 nitrogen and oxygen atoms in total. The van der Waals surface area contributed by atoms with Gasteiger partial charge in [0.2, 0.25) is 0 Å². The van der Waals surface area contributed by atoms with E-state index in [0.29, 0.717) is 18.8 Å². The third-order valence-corrected chi connectivity index (χ3v) is 5.54. The van der Waals surface area contributed by atoms with E-state index in [-0.39, 0.29) is 5.91 Å². The molecule has 1 fully saturated rings. The number of imidazole rings is 1. The lowest BCUT2D eigenvalue weighted by Gasteiger charge is -2.35. The molecule has 0 radical (unpaired) electrons. The number of hydrogen-bond donors (Lipinski definition) is 0. The number of carbonyl (C=O) groups excluding carboxylic acids is 1. The number of aromatic nitrogens is 2. The van der Waals surface area contributed by atoms with Gasteiger partial charge in [0.1, 0.15) is 5.69 Å². The molecule has 0 N–H and O–H groups in total. The van der Waals surface area contributed by atoms with Crippen molar-refractivity contribution < 1.29 is 4.79 Å². The summed E-state index contributed by atoms with van der Waals surface area (Å²) in [5.41, 5.74) is 2.74. The fourth-order valence-corrected chi connectivity index (χ4v) is 4.03. The molecule has 1 saturated heterocycles. The zero-order valence-electron chi connectivity index (χ0n) is 13.3. The summed E-state index contributed by atoms with van der Waals surface area (Å²) in [5.74, 6) is 0.0102. The molecule has 1 aliphatic heterocycles. The number of carbonyl (C=O) groups is 1. The van der Waals surface area contributed by atoms with Gasteiger partial charge in [-0.15, -0.1) is 11.3 Å². The molecule has 4 rings (SSSR count). The molecule has 0 aliphatic carbocycles. The van der Waals surface area contributed by atoms with Crippen molar-refractivity contribution in [3.63, 3.8) is 0 Å². The van der Waals surface area contributed by atoms with Crippen LogP contribution in [0.3, 0.4) is 0 Å². The van der Waals surface area contributed by atoms with E-state index in [1.807, 2.05) is 46.0 Å². The minimum Gasteiger partial charge on any atom is -0.368 e. The van der Waals surface area contributed by atoms with Crippen LogP contribution in [0.15, 0.2) is 35.8 Å². The van der Waals surface area contributed by atoms with Crippen LogP contribution in [0, 0.1) is 6.92 Å². The Kier molecular flexibility index (Phi) is 3.94. The maximum Gasteiger partial charge on any atom is 0.274 e. The number of amides is 1. The molecule has 0 bridgehead atoms. The van der Waals surface area contributed by atoms with Gasteiger partial charge in [-0.25, -0.2) is 4.98 Å². The molecule has 3 aromatic rings. The summed E-state index contributed by atoms with van der Waals surface area (Å²) >= 11 is 7.62. The second-order valence-corrected chi connectivity index (χ2v) is 7.19. The Labute approximate surface area is 149 Å². The van der Waals surface area contributed by atoms with Crippen LogP contribution in [0.5, 0.6) is 0 Å². The number of hydrogen-bond acceptors (Lipinski definition) is 4. The van der Waals surface area contributed by atoms with Crippen LogP contribution in [0.2, 0.25) is 5.02 Å². The Balaban J connectivity index is 1.46. The SMILES string of the molecule is Cc1csc2nc(C(=O)N3CCN(c4cccc(Cl)c4)CC3)cn12. The Morgan fingerprint density at radius 3 is 2.75 bits per heavy atom. The highest BCUT2D eigenvalue weighted by Gasteiger charge is 2.24. The lowest BCUT2D eigenvalue weighted by molar-refractivity contribution is 0.0741. The zero-order valence-corrected chi connectivity index (χ0v) is 14.8. The number of piperazine rings is 1. The fraction of sp³-hybridized carbons (Fsp3) is 0.294. The highest BCUT2D eigenvalue weighted by molar-refractivity contribution is 7.15. The summed E-state index contributed by atoms with van der Waals surface area (Å²) in [7, 11) is 0. The number of aryl methyl sites for hydroxylation is 1. The van der Waals surface area contributed by atoms with Gasteiger partial charge >= 0.3 is 0 Å². The van der Waals surface area contributed by atoms with Crippen molar-refractivity contribution >= 4 is 39.5 Å².